The lowest BCUT2D eigenvalue weighted by Gasteiger charge is -2.16. The summed E-state index contributed by atoms with van der Waals surface area (Å²) in [6, 6.07) is 12.5. The van der Waals surface area contributed by atoms with Crippen molar-refractivity contribution in [1.29, 1.82) is 0 Å². The number of rotatable bonds is 3. The van der Waals surface area contributed by atoms with Crippen LogP contribution in [0.4, 0.5) is 10.1 Å². The van der Waals surface area contributed by atoms with Gasteiger partial charge in [-0.05, 0) is 49.7 Å². The lowest BCUT2D eigenvalue weighted by Crippen LogP contribution is -2.24. The Morgan fingerprint density at radius 1 is 1.19 bits per heavy atom. The number of hydrogen-bond acceptors (Lipinski definition) is 4. The maximum Gasteiger partial charge on any atom is 0.257 e. The third-order valence-electron chi connectivity index (χ3n) is 4.65. The van der Waals surface area contributed by atoms with Crippen molar-refractivity contribution in [2.45, 2.75) is 26.2 Å². The highest BCUT2D eigenvalue weighted by Gasteiger charge is 2.34. The number of anilines is 1. The first-order chi connectivity index (χ1) is 12.5. The summed E-state index contributed by atoms with van der Waals surface area (Å²) < 4.78 is 18.9. The second kappa shape index (κ2) is 6.37. The highest BCUT2D eigenvalue weighted by Crippen LogP contribution is 2.32. The Labute approximate surface area is 150 Å². The number of benzene rings is 2. The van der Waals surface area contributed by atoms with Gasteiger partial charge in [0.2, 0.25) is 5.91 Å². The third-order valence-corrected chi connectivity index (χ3v) is 4.65. The van der Waals surface area contributed by atoms with Crippen molar-refractivity contribution >= 4 is 11.6 Å². The lowest BCUT2D eigenvalue weighted by molar-refractivity contribution is -0.117. The largest absolute Gasteiger partial charge is 0.334 e. The molecule has 26 heavy (non-hydrogen) atoms. The molecule has 0 spiro atoms. The zero-order valence-electron chi connectivity index (χ0n) is 14.6. The van der Waals surface area contributed by atoms with Crippen molar-refractivity contribution in [1.82, 2.24) is 10.1 Å². The molecule has 1 aliphatic heterocycles. The molecule has 0 radical (unpaired) electrons. The van der Waals surface area contributed by atoms with Crippen LogP contribution >= 0.6 is 0 Å². The van der Waals surface area contributed by atoms with Crippen LogP contribution in [0.3, 0.4) is 0 Å². The zero-order valence-corrected chi connectivity index (χ0v) is 14.6. The number of carbonyl (C=O) groups excluding carboxylic acids is 1. The Hall–Kier alpha value is -3.02. The predicted molar refractivity (Wildman–Crippen MR) is 95.3 cm³/mol. The number of nitrogens with zero attached hydrogens (tertiary/aromatic N) is 3. The number of carbonyl (C=O) groups is 1. The molecule has 0 bridgehead atoms. The molecule has 1 unspecified atom stereocenters. The fourth-order valence-corrected chi connectivity index (χ4v) is 3.22. The molecular weight excluding hydrogens is 333 g/mol. The fraction of sp³-hybridized carbons (Fsp3) is 0.250. The molecule has 1 saturated heterocycles. The number of aromatic nitrogens is 2. The normalized spacial score (nSPS) is 17.1. The summed E-state index contributed by atoms with van der Waals surface area (Å²) in [5, 5.41) is 4.07. The van der Waals surface area contributed by atoms with Gasteiger partial charge in [-0.25, -0.2) is 4.39 Å². The Balaban J connectivity index is 1.56. The smallest absolute Gasteiger partial charge is 0.257 e. The van der Waals surface area contributed by atoms with Crippen molar-refractivity contribution in [2.75, 3.05) is 11.4 Å². The van der Waals surface area contributed by atoms with Crippen molar-refractivity contribution in [3.05, 3.63) is 65.2 Å². The molecule has 5 nitrogen and oxygen atoms in total. The molecule has 2 heterocycles. The van der Waals surface area contributed by atoms with Crippen LogP contribution < -0.4 is 4.90 Å². The predicted octanol–water partition coefficient (Wildman–Crippen LogP) is 4.01. The van der Waals surface area contributed by atoms with E-state index in [9.17, 15) is 9.18 Å². The molecule has 1 fully saturated rings. The van der Waals surface area contributed by atoms with Gasteiger partial charge >= 0.3 is 0 Å². The summed E-state index contributed by atoms with van der Waals surface area (Å²) in [4.78, 5) is 18.6. The van der Waals surface area contributed by atoms with E-state index in [4.69, 9.17) is 4.52 Å². The van der Waals surface area contributed by atoms with E-state index in [2.05, 4.69) is 10.1 Å². The van der Waals surface area contributed by atoms with Gasteiger partial charge in [0.1, 0.15) is 5.82 Å². The second-order valence-electron chi connectivity index (χ2n) is 6.67. The Morgan fingerprint density at radius 3 is 2.81 bits per heavy atom. The van der Waals surface area contributed by atoms with Crippen LogP contribution in [0.25, 0.3) is 11.5 Å². The Kier molecular flexibility index (Phi) is 4.03. The molecule has 2 aromatic carbocycles. The second-order valence-corrected chi connectivity index (χ2v) is 6.67. The summed E-state index contributed by atoms with van der Waals surface area (Å²) in [5.41, 5.74) is 3.18. The highest BCUT2D eigenvalue weighted by molar-refractivity contribution is 5.96. The van der Waals surface area contributed by atoms with Crippen LogP contribution in [0.2, 0.25) is 0 Å². The molecule has 3 aromatic rings. The minimum absolute atomic E-state index is 0.0251. The van der Waals surface area contributed by atoms with E-state index in [1.54, 1.807) is 24.0 Å². The quantitative estimate of drug-likeness (QED) is 0.715. The van der Waals surface area contributed by atoms with Gasteiger partial charge in [-0.2, -0.15) is 4.98 Å². The third kappa shape index (κ3) is 2.98. The number of halogens is 1. The topological polar surface area (TPSA) is 59.2 Å². The fourth-order valence-electron chi connectivity index (χ4n) is 3.22. The molecule has 0 aliphatic carbocycles. The average Bonchev–Trinajstić information content (AvgIpc) is 3.24. The van der Waals surface area contributed by atoms with E-state index < -0.39 is 0 Å². The lowest BCUT2D eigenvalue weighted by atomic mass is 10.1. The van der Waals surface area contributed by atoms with E-state index in [0.717, 1.165) is 11.1 Å². The summed E-state index contributed by atoms with van der Waals surface area (Å²) in [7, 11) is 0. The SMILES string of the molecule is Cc1cccc(-c2nc(C3CC(=O)N(c4ccc(F)c(C)c4)C3)no2)c1. The molecular formula is C20H18FN3O2. The van der Waals surface area contributed by atoms with Gasteiger partial charge in [-0.3, -0.25) is 4.79 Å². The maximum atomic E-state index is 13.5. The molecule has 1 atom stereocenters. The standard InChI is InChI=1S/C20H18FN3O2/c1-12-4-3-5-14(8-12)20-22-19(23-26-20)15-10-18(25)24(11-15)16-6-7-17(21)13(2)9-16/h3-9,15H,10-11H2,1-2H3. The monoisotopic (exact) mass is 351 g/mol. The molecule has 1 aliphatic rings. The van der Waals surface area contributed by atoms with Crippen molar-refractivity contribution in [2.24, 2.45) is 0 Å². The van der Waals surface area contributed by atoms with Crippen molar-refractivity contribution < 1.29 is 13.7 Å². The molecule has 132 valence electrons. The molecule has 1 amide bonds. The summed E-state index contributed by atoms with van der Waals surface area (Å²) in [5.74, 6) is 0.527. The number of amides is 1. The van der Waals surface area contributed by atoms with Gasteiger partial charge in [0.05, 0.1) is 0 Å². The first-order valence-electron chi connectivity index (χ1n) is 8.48. The van der Waals surface area contributed by atoms with Crippen LogP contribution in [0, 0.1) is 19.7 Å². The van der Waals surface area contributed by atoms with Crippen LogP contribution in [0.5, 0.6) is 0 Å². The van der Waals surface area contributed by atoms with Gasteiger partial charge in [-0.1, -0.05) is 22.9 Å². The van der Waals surface area contributed by atoms with Gasteiger partial charge in [-0.15, -0.1) is 0 Å². The minimum Gasteiger partial charge on any atom is -0.334 e. The van der Waals surface area contributed by atoms with E-state index in [-0.39, 0.29) is 17.6 Å². The first kappa shape index (κ1) is 16.4. The van der Waals surface area contributed by atoms with Gasteiger partial charge in [0.25, 0.3) is 5.89 Å². The number of aryl methyl sites for hydroxylation is 2. The average molecular weight is 351 g/mol. The zero-order chi connectivity index (χ0) is 18.3. The molecule has 0 N–H and O–H groups in total. The number of hydrogen-bond donors (Lipinski definition) is 0. The van der Waals surface area contributed by atoms with E-state index >= 15 is 0 Å². The molecule has 4 rings (SSSR count). The van der Waals surface area contributed by atoms with Crippen LogP contribution in [0.15, 0.2) is 47.0 Å². The van der Waals surface area contributed by atoms with Crippen molar-refractivity contribution in [3.8, 4) is 11.5 Å². The molecule has 6 heteroatoms. The summed E-state index contributed by atoms with van der Waals surface area (Å²) in [6.45, 7) is 4.14. The summed E-state index contributed by atoms with van der Waals surface area (Å²) in [6.07, 6.45) is 0.309. The molecule has 0 saturated carbocycles. The van der Waals surface area contributed by atoms with E-state index in [1.165, 1.54) is 6.07 Å². The van der Waals surface area contributed by atoms with E-state index in [1.807, 2.05) is 31.2 Å². The molecule has 1 aromatic heterocycles. The maximum absolute atomic E-state index is 13.5. The summed E-state index contributed by atoms with van der Waals surface area (Å²) >= 11 is 0. The van der Waals surface area contributed by atoms with E-state index in [0.29, 0.717) is 35.9 Å². The highest BCUT2D eigenvalue weighted by atomic mass is 19.1. The Morgan fingerprint density at radius 2 is 2.04 bits per heavy atom. The van der Waals surface area contributed by atoms with Gasteiger partial charge in [0, 0.05) is 30.1 Å². The minimum atomic E-state index is -0.280. The van der Waals surface area contributed by atoms with Crippen LogP contribution in [-0.4, -0.2) is 22.6 Å². The van der Waals surface area contributed by atoms with Crippen molar-refractivity contribution in [3.63, 3.8) is 0 Å². The van der Waals surface area contributed by atoms with Crippen LogP contribution in [0.1, 0.15) is 29.3 Å². The first-order valence-corrected chi connectivity index (χ1v) is 8.48. The Bertz CT molecular complexity index is 983. The van der Waals surface area contributed by atoms with Gasteiger partial charge < -0.3 is 9.42 Å². The van der Waals surface area contributed by atoms with Crippen LogP contribution in [-0.2, 0) is 4.79 Å². The van der Waals surface area contributed by atoms with Gasteiger partial charge in [0.15, 0.2) is 5.82 Å².